The molecule has 1 aromatic carbocycles. The quantitative estimate of drug-likeness (QED) is 0.507. The molecule has 138 valence electrons. The largest absolute Gasteiger partial charge is 0.502 e. The number of fused-ring (bicyclic) bond motifs is 1. The van der Waals surface area contributed by atoms with Crippen molar-refractivity contribution in [3.8, 4) is 17.0 Å². The van der Waals surface area contributed by atoms with Gasteiger partial charge in [0.25, 0.3) is 0 Å². The zero-order valence-electron chi connectivity index (χ0n) is 14.1. The van der Waals surface area contributed by atoms with Crippen LogP contribution in [-0.2, 0) is 4.74 Å². The van der Waals surface area contributed by atoms with Crippen molar-refractivity contribution in [1.29, 1.82) is 0 Å². The third kappa shape index (κ3) is 3.15. The summed E-state index contributed by atoms with van der Waals surface area (Å²) in [6.45, 7) is 2.37. The number of hydrogen-bond donors (Lipinski definition) is 2. The molecule has 0 radical (unpaired) electrons. The summed E-state index contributed by atoms with van der Waals surface area (Å²) in [5, 5.41) is 20.7. The van der Waals surface area contributed by atoms with Crippen molar-refractivity contribution in [1.82, 2.24) is 19.9 Å². The Bertz CT molecular complexity index is 1040. The van der Waals surface area contributed by atoms with Crippen LogP contribution in [0.3, 0.4) is 0 Å². The average Bonchev–Trinajstić information content (AvgIpc) is 2.68. The van der Waals surface area contributed by atoms with Crippen molar-refractivity contribution in [2.24, 2.45) is 0 Å². The van der Waals surface area contributed by atoms with Crippen LogP contribution in [0.2, 0.25) is 0 Å². The average molecular weight is 369 g/mol. The van der Waals surface area contributed by atoms with E-state index >= 15 is 0 Å². The SMILES string of the molecule is Nc1nc(N2CCOCC2)c2nc(-c3ccc(O)c([N+](=O)[O-])c3)cnc2n1. The second-order valence-corrected chi connectivity index (χ2v) is 5.89. The third-order valence-corrected chi connectivity index (χ3v) is 4.18. The molecule has 1 fully saturated rings. The predicted molar refractivity (Wildman–Crippen MR) is 96.3 cm³/mol. The zero-order chi connectivity index (χ0) is 19.0. The van der Waals surface area contributed by atoms with Gasteiger partial charge in [-0.25, -0.2) is 9.97 Å². The maximum Gasteiger partial charge on any atom is 0.311 e. The Hall–Kier alpha value is -3.60. The van der Waals surface area contributed by atoms with Crippen LogP contribution in [0, 0.1) is 10.1 Å². The second-order valence-electron chi connectivity index (χ2n) is 5.89. The fraction of sp³-hybridized carbons (Fsp3) is 0.250. The summed E-state index contributed by atoms with van der Waals surface area (Å²) in [4.78, 5) is 29.7. The molecule has 11 heteroatoms. The molecule has 0 aliphatic carbocycles. The lowest BCUT2D eigenvalue weighted by molar-refractivity contribution is -0.385. The minimum atomic E-state index is -0.656. The Kier molecular flexibility index (Phi) is 4.12. The third-order valence-electron chi connectivity index (χ3n) is 4.18. The first-order valence-electron chi connectivity index (χ1n) is 8.13. The van der Waals surface area contributed by atoms with Gasteiger partial charge in [-0.3, -0.25) is 10.1 Å². The maximum absolute atomic E-state index is 11.1. The number of morpholine rings is 1. The lowest BCUT2D eigenvalue weighted by Gasteiger charge is -2.28. The van der Waals surface area contributed by atoms with Crippen molar-refractivity contribution >= 4 is 28.6 Å². The number of aromatic hydroxyl groups is 1. The Morgan fingerprint density at radius 3 is 2.74 bits per heavy atom. The van der Waals surface area contributed by atoms with Gasteiger partial charge >= 0.3 is 5.69 Å². The lowest BCUT2D eigenvalue weighted by Crippen LogP contribution is -2.37. The molecule has 27 heavy (non-hydrogen) atoms. The van der Waals surface area contributed by atoms with Gasteiger partial charge in [-0.1, -0.05) is 0 Å². The first kappa shape index (κ1) is 16.8. The van der Waals surface area contributed by atoms with Crippen molar-refractivity contribution in [3.63, 3.8) is 0 Å². The molecule has 11 nitrogen and oxygen atoms in total. The van der Waals surface area contributed by atoms with E-state index in [2.05, 4.69) is 19.9 Å². The molecule has 0 amide bonds. The molecule has 1 aliphatic rings. The van der Waals surface area contributed by atoms with Crippen LogP contribution in [0.4, 0.5) is 17.5 Å². The molecule has 0 atom stereocenters. The van der Waals surface area contributed by atoms with Crippen LogP contribution in [-0.4, -0.2) is 56.3 Å². The molecule has 3 heterocycles. The molecular weight excluding hydrogens is 354 g/mol. The number of ether oxygens (including phenoxy) is 1. The Morgan fingerprint density at radius 2 is 2.00 bits per heavy atom. The first-order valence-corrected chi connectivity index (χ1v) is 8.13. The molecule has 2 aromatic heterocycles. The van der Waals surface area contributed by atoms with E-state index in [1.807, 2.05) is 4.90 Å². The maximum atomic E-state index is 11.1. The molecule has 0 spiro atoms. The normalized spacial score (nSPS) is 14.4. The molecule has 0 unspecified atom stereocenters. The molecule has 4 rings (SSSR count). The van der Waals surface area contributed by atoms with Gasteiger partial charge in [-0.05, 0) is 12.1 Å². The molecule has 3 N–H and O–H groups in total. The molecule has 1 aliphatic heterocycles. The van der Waals surface area contributed by atoms with E-state index in [0.29, 0.717) is 54.5 Å². The minimum Gasteiger partial charge on any atom is -0.502 e. The highest BCUT2D eigenvalue weighted by Crippen LogP contribution is 2.32. The van der Waals surface area contributed by atoms with Gasteiger partial charge in [0.2, 0.25) is 5.95 Å². The van der Waals surface area contributed by atoms with Crippen LogP contribution in [0.15, 0.2) is 24.4 Å². The van der Waals surface area contributed by atoms with E-state index in [1.54, 1.807) is 0 Å². The van der Waals surface area contributed by atoms with Gasteiger partial charge < -0.3 is 20.5 Å². The van der Waals surface area contributed by atoms with Gasteiger partial charge in [-0.15, -0.1) is 0 Å². The van der Waals surface area contributed by atoms with E-state index in [-0.39, 0.29) is 5.95 Å². The Balaban J connectivity index is 1.85. The number of aromatic nitrogens is 4. The topological polar surface area (TPSA) is 153 Å². The number of hydrogen-bond acceptors (Lipinski definition) is 10. The fourth-order valence-corrected chi connectivity index (χ4v) is 2.87. The zero-order valence-corrected chi connectivity index (χ0v) is 14.1. The lowest BCUT2D eigenvalue weighted by atomic mass is 10.1. The number of nitrogens with zero attached hydrogens (tertiary/aromatic N) is 6. The van der Waals surface area contributed by atoms with E-state index in [0.717, 1.165) is 0 Å². The molecule has 1 saturated heterocycles. The summed E-state index contributed by atoms with van der Waals surface area (Å²) in [6, 6.07) is 4.03. The Labute approximate surface area is 152 Å². The van der Waals surface area contributed by atoms with E-state index in [9.17, 15) is 15.2 Å². The molecule has 0 bridgehead atoms. The summed E-state index contributed by atoms with van der Waals surface area (Å²) in [6.07, 6.45) is 1.45. The number of nitrogens with two attached hydrogens (primary N) is 1. The van der Waals surface area contributed by atoms with Gasteiger partial charge in [0.1, 0.15) is 0 Å². The van der Waals surface area contributed by atoms with Crippen LogP contribution < -0.4 is 10.6 Å². The minimum absolute atomic E-state index is 0.0892. The number of phenolic OH excluding ortho intramolecular Hbond substituents is 1. The summed E-state index contributed by atoms with van der Waals surface area (Å²) in [5.41, 5.74) is 7.01. The van der Waals surface area contributed by atoms with Crippen molar-refractivity contribution in [3.05, 3.63) is 34.5 Å². The molecular formula is C16H15N7O4. The van der Waals surface area contributed by atoms with E-state index in [1.165, 1.54) is 24.4 Å². The van der Waals surface area contributed by atoms with Crippen LogP contribution in [0.1, 0.15) is 0 Å². The van der Waals surface area contributed by atoms with Crippen molar-refractivity contribution in [2.75, 3.05) is 36.9 Å². The molecule has 3 aromatic rings. The van der Waals surface area contributed by atoms with E-state index in [4.69, 9.17) is 10.5 Å². The summed E-state index contributed by atoms with van der Waals surface area (Å²) in [5.74, 6) is 0.220. The van der Waals surface area contributed by atoms with Gasteiger partial charge in [0.15, 0.2) is 22.7 Å². The van der Waals surface area contributed by atoms with Gasteiger partial charge in [0.05, 0.1) is 30.0 Å². The van der Waals surface area contributed by atoms with E-state index < -0.39 is 16.4 Å². The van der Waals surface area contributed by atoms with Crippen LogP contribution >= 0.6 is 0 Å². The number of nitro benzene ring substituents is 1. The summed E-state index contributed by atoms with van der Waals surface area (Å²) in [7, 11) is 0. The number of rotatable bonds is 3. The summed E-state index contributed by atoms with van der Waals surface area (Å²) >= 11 is 0. The predicted octanol–water partition coefficient (Wildman–Crippen LogP) is 1.12. The second kappa shape index (κ2) is 6.61. The Morgan fingerprint density at radius 1 is 1.22 bits per heavy atom. The summed E-state index contributed by atoms with van der Waals surface area (Å²) < 4.78 is 5.36. The van der Waals surface area contributed by atoms with Crippen molar-refractivity contribution < 1.29 is 14.8 Å². The highest BCUT2D eigenvalue weighted by molar-refractivity contribution is 5.86. The van der Waals surface area contributed by atoms with Gasteiger partial charge in [-0.2, -0.15) is 9.97 Å². The van der Waals surface area contributed by atoms with Crippen molar-refractivity contribution in [2.45, 2.75) is 0 Å². The number of nitro groups is 1. The number of anilines is 2. The van der Waals surface area contributed by atoms with Crippen LogP contribution in [0.5, 0.6) is 5.75 Å². The number of benzene rings is 1. The number of phenols is 1. The monoisotopic (exact) mass is 369 g/mol. The standard InChI is InChI=1S/C16H15N7O4/c17-16-20-14-13(15(21-16)22-3-5-27-6-4-22)19-10(8-18-14)9-1-2-12(24)11(7-9)23(25)26/h1-2,7-8,24H,3-6H2,(H2,17,18,20,21). The highest BCUT2D eigenvalue weighted by Gasteiger charge is 2.20. The smallest absolute Gasteiger partial charge is 0.311 e. The van der Waals surface area contributed by atoms with Gasteiger partial charge in [0, 0.05) is 24.7 Å². The molecule has 0 saturated carbocycles. The highest BCUT2D eigenvalue weighted by atomic mass is 16.6. The first-order chi connectivity index (χ1) is 13.0. The fourth-order valence-electron chi connectivity index (χ4n) is 2.87. The van der Waals surface area contributed by atoms with Crippen LogP contribution in [0.25, 0.3) is 22.4 Å². The number of nitrogen functional groups attached to an aromatic ring is 1.